The Hall–Kier alpha value is -1.34. The second kappa shape index (κ2) is 5.34. The summed E-state index contributed by atoms with van der Waals surface area (Å²) in [6.07, 6.45) is -1.97. The van der Waals surface area contributed by atoms with E-state index in [0.29, 0.717) is 4.47 Å². The smallest absolute Gasteiger partial charge is 0.281 e. The van der Waals surface area contributed by atoms with Gasteiger partial charge in [0.1, 0.15) is 17.8 Å². The molecule has 0 amide bonds. The lowest BCUT2D eigenvalue weighted by atomic mass is 10.1. The average Bonchev–Trinajstić information content (AvgIpc) is 2.34. The fourth-order valence-electron chi connectivity index (χ4n) is 1.47. The SMILES string of the molecule is Nc1cc(-c2ncnc(C(F)F)c2Cl)c(F)cc1Br. The molecule has 0 radical (unpaired) electrons. The maximum absolute atomic E-state index is 13.8. The maximum Gasteiger partial charge on any atom is 0.281 e. The van der Waals surface area contributed by atoms with Crippen LogP contribution in [0.2, 0.25) is 5.02 Å². The van der Waals surface area contributed by atoms with Gasteiger partial charge in [0.2, 0.25) is 0 Å². The number of anilines is 1. The lowest BCUT2D eigenvalue weighted by Crippen LogP contribution is -1.99. The highest BCUT2D eigenvalue weighted by Crippen LogP contribution is 2.36. The lowest BCUT2D eigenvalue weighted by molar-refractivity contribution is 0.146. The van der Waals surface area contributed by atoms with Gasteiger partial charge in [0.25, 0.3) is 6.43 Å². The van der Waals surface area contributed by atoms with E-state index in [-0.39, 0.29) is 16.9 Å². The molecule has 100 valence electrons. The van der Waals surface area contributed by atoms with Crippen LogP contribution in [0.5, 0.6) is 0 Å². The van der Waals surface area contributed by atoms with E-state index in [1.54, 1.807) is 0 Å². The molecule has 3 nitrogen and oxygen atoms in total. The summed E-state index contributed by atoms with van der Waals surface area (Å²) in [6, 6.07) is 2.38. The van der Waals surface area contributed by atoms with Crippen LogP contribution in [0.3, 0.4) is 0 Å². The Kier molecular flexibility index (Phi) is 3.96. The van der Waals surface area contributed by atoms with Crippen molar-refractivity contribution in [3.63, 3.8) is 0 Å². The van der Waals surface area contributed by atoms with Crippen LogP contribution >= 0.6 is 27.5 Å². The van der Waals surface area contributed by atoms with Crippen LogP contribution in [-0.2, 0) is 0 Å². The van der Waals surface area contributed by atoms with E-state index in [0.717, 1.165) is 12.4 Å². The van der Waals surface area contributed by atoms with Crippen molar-refractivity contribution < 1.29 is 13.2 Å². The van der Waals surface area contributed by atoms with Crippen LogP contribution in [0.4, 0.5) is 18.9 Å². The normalized spacial score (nSPS) is 11.1. The van der Waals surface area contributed by atoms with Gasteiger partial charge in [-0.25, -0.2) is 23.1 Å². The zero-order valence-corrected chi connectivity index (χ0v) is 11.5. The van der Waals surface area contributed by atoms with Gasteiger partial charge in [0, 0.05) is 15.7 Å². The molecule has 2 N–H and O–H groups in total. The number of nitrogen functional groups attached to an aromatic ring is 1. The fourth-order valence-corrected chi connectivity index (χ4v) is 2.07. The zero-order chi connectivity index (χ0) is 14.2. The molecule has 0 atom stereocenters. The predicted molar refractivity (Wildman–Crippen MR) is 69.5 cm³/mol. The molecule has 2 rings (SSSR count). The summed E-state index contributed by atoms with van der Waals surface area (Å²) in [7, 11) is 0. The first-order valence-corrected chi connectivity index (χ1v) is 6.12. The minimum atomic E-state index is -2.87. The van der Waals surface area contributed by atoms with E-state index in [4.69, 9.17) is 17.3 Å². The van der Waals surface area contributed by atoms with Crippen molar-refractivity contribution in [1.82, 2.24) is 9.97 Å². The first kappa shape index (κ1) is 14.1. The van der Waals surface area contributed by atoms with Gasteiger partial charge < -0.3 is 5.73 Å². The molecule has 2 aromatic rings. The van der Waals surface area contributed by atoms with Gasteiger partial charge in [-0.3, -0.25) is 0 Å². The van der Waals surface area contributed by atoms with Crippen LogP contribution < -0.4 is 5.73 Å². The second-order valence-corrected chi connectivity index (χ2v) is 4.81. The molecule has 0 aliphatic heterocycles. The summed E-state index contributed by atoms with van der Waals surface area (Å²) in [5.41, 5.74) is 5.04. The molecule has 0 fully saturated rings. The monoisotopic (exact) mass is 351 g/mol. The molecule has 1 heterocycles. The minimum absolute atomic E-state index is 0.0602. The van der Waals surface area contributed by atoms with Crippen molar-refractivity contribution >= 4 is 33.2 Å². The first-order valence-electron chi connectivity index (χ1n) is 4.95. The quantitative estimate of drug-likeness (QED) is 0.823. The molecule has 19 heavy (non-hydrogen) atoms. The van der Waals surface area contributed by atoms with Crippen molar-refractivity contribution in [3.8, 4) is 11.3 Å². The van der Waals surface area contributed by atoms with Crippen molar-refractivity contribution in [2.24, 2.45) is 0 Å². The third-order valence-electron chi connectivity index (χ3n) is 2.36. The summed E-state index contributed by atoms with van der Waals surface area (Å²) < 4.78 is 39.5. The van der Waals surface area contributed by atoms with Crippen molar-refractivity contribution in [2.75, 3.05) is 5.73 Å². The van der Waals surface area contributed by atoms with Gasteiger partial charge in [-0.1, -0.05) is 11.6 Å². The Morgan fingerprint density at radius 2 is 1.95 bits per heavy atom. The van der Waals surface area contributed by atoms with E-state index in [1.807, 2.05) is 0 Å². The van der Waals surface area contributed by atoms with Gasteiger partial charge >= 0.3 is 0 Å². The van der Waals surface area contributed by atoms with Crippen LogP contribution in [0.25, 0.3) is 11.3 Å². The molecule has 8 heteroatoms. The standard InChI is InChI=1S/C11H6BrClF3N3/c12-5-2-6(14)4(1-7(5)17)9-8(13)10(11(15)16)19-3-18-9/h1-3,11H,17H2. The summed E-state index contributed by atoms with van der Waals surface area (Å²) in [4.78, 5) is 7.11. The van der Waals surface area contributed by atoms with Crippen LogP contribution in [0.15, 0.2) is 22.9 Å². The van der Waals surface area contributed by atoms with Crippen molar-refractivity contribution in [1.29, 1.82) is 0 Å². The molecule has 0 bridgehead atoms. The van der Waals surface area contributed by atoms with Crippen molar-refractivity contribution in [2.45, 2.75) is 6.43 Å². The van der Waals surface area contributed by atoms with E-state index >= 15 is 0 Å². The van der Waals surface area contributed by atoms with Gasteiger partial charge in [0.15, 0.2) is 0 Å². The molecule has 0 aliphatic carbocycles. The minimum Gasteiger partial charge on any atom is -0.398 e. The number of hydrogen-bond acceptors (Lipinski definition) is 3. The van der Waals surface area contributed by atoms with Crippen LogP contribution in [-0.4, -0.2) is 9.97 Å². The predicted octanol–water partition coefficient (Wildman–Crippen LogP) is 4.22. The first-order chi connectivity index (χ1) is 8.91. The number of benzene rings is 1. The van der Waals surface area contributed by atoms with Crippen molar-refractivity contribution in [3.05, 3.63) is 39.5 Å². The molecular weight excluding hydrogens is 346 g/mol. The Labute approximate surface area is 119 Å². The Morgan fingerprint density at radius 3 is 2.58 bits per heavy atom. The third-order valence-corrected chi connectivity index (χ3v) is 3.42. The molecule has 1 aromatic carbocycles. The number of nitrogens with zero attached hydrogens (tertiary/aromatic N) is 2. The number of nitrogens with two attached hydrogens (primary N) is 1. The second-order valence-electron chi connectivity index (χ2n) is 3.58. The highest BCUT2D eigenvalue weighted by molar-refractivity contribution is 9.10. The molecule has 0 aliphatic rings. The number of hydrogen-bond donors (Lipinski definition) is 1. The van der Waals surface area contributed by atoms with E-state index < -0.39 is 23.0 Å². The van der Waals surface area contributed by atoms with Gasteiger partial charge in [0.05, 0.1) is 10.7 Å². The molecule has 0 saturated carbocycles. The zero-order valence-electron chi connectivity index (χ0n) is 9.17. The molecule has 0 spiro atoms. The number of rotatable bonds is 2. The largest absolute Gasteiger partial charge is 0.398 e. The molecular formula is C11H6BrClF3N3. The van der Waals surface area contributed by atoms with Gasteiger partial charge in [-0.05, 0) is 28.1 Å². The molecule has 1 aromatic heterocycles. The maximum atomic E-state index is 13.8. The third kappa shape index (κ3) is 2.66. The summed E-state index contributed by atoms with van der Waals surface area (Å²) >= 11 is 8.84. The Morgan fingerprint density at radius 1 is 1.26 bits per heavy atom. The number of alkyl halides is 2. The highest BCUT2D eigenvalue weighted by atomic mass is 79.9. The summed E-state index contributed by atoms with van der Waals surface area (Å²) in [6.45, 7) is 0. The van der Waals surface area contributed by atoms with Gasteiger partial charge in [-0.2, -0.15) is 0 Å². The lowest BCUT2D eigenvalue weighted by Gasteiger charge is -2.09. The van der Waals surface area contributed by atoms with E-state index in [2.05, 4.69) is 25.9 Å². The number of halogens is 5. The summed E-state index contributed by atoms with van der Waals surface area (Å²) in [5, 5.41) is -0.391. The molecule has 0 saturated heterocycles. The highest BCUT2D eigenvalue weighted by Gasteiger charge is 2.20. The van der Waals surface area contributed by atoms with E-state index in [9.17, 15) is 13.2 Å². The number of aromatic nitrogens is 2. The Balaban J connectivity index is 2.66. The van der Waals surface area contributed by atoms with E-state index in [1.165, 1.54) is 6.07 Å². The summed E-state index contributed by atoms with van der Waals surface area (Å²) in [5.74, 6) is -0.679. The Bertz CT molecular complexity index is 637. The van der Waals surface area contributed by atoms with Crippen LogP contribution in [0.1, 0.15) is 12.1 Å². The van der Waals surface area contributed by atoms with Gasteiger partial charge in [-0.15, -0.1) is 0 Å². The topological polar surface area (TPSA) is 51.8 Å². The fraction of sp³-hybridized carbons (Fsp3) is 0.0909. The average molecular weight is 353 g/mol. The van der Waals surface area contributed by atoms with Crippen LogP contribution in [0, 0.1) is 5.82 Å². The molecule has 0 unspecified atom stereocenters.